The number of nitrogens with zero attached hydrogens (tertiary/aromatic N) is 2. The quantitative estimate of drug-likeness (QED) is 0.591. The number of nitrogens with two attached hydrogens (primary N) is 1. The molecule has 0 bridgehead atoms. The number of hydrogen-bond donors (Lipinski definition) is 1. The molecule has 9 heavy (non-hydrogen) atoms. The van der Waals surface area contributed by atoms with Crippen LogP contribution in [-0.4, -0.2) is 9.78 Å². The first-order valence-corrected chi connectivity index (χ1v) is 2.95. The predicted molar refractivity (Wildman–Crippen MR) is 35.8 cm³/mol. The Morgan fingerprint density at radius 1 is 1.78 bits per heavy atom. The lowest BCUT2D eigenvalue weighted by atomic mass is 10.2. The third-order valence-corrected chi connectivity index (χ3v) is 1.33. The lowest BCUT2D eigenvalue weighted by molar-refractivity contribution is 0.654. The van der Waals surface area contributed by atoms with Gasteiger partial charge in [0.05, 0.1) is 5.69 Å². The van der Waals surface area contributed by atoms with Gasteiger partial charge >= 0.3 is 0 Å². The number of hydrogen-bond acceptors (Lipinski definition) is 2. The number of rotatable bonds is 1. The van der Waals surface area contributed by atoms with Gasteiger partial charge in [0.25, 0.3) is 0 Å². The van der Waals surface area contributed by atoms with Crippen molar-refractivity contribution in [1.82, 2.24) is 9.78 Å². The zero-order chi connectivity index (χ0) is 6.85. The second-order valence-electron chi connectivity index (χ2n) is 2.17. The zero-order valence-corrected chi connectivity index (χ0v) is 5.70. The molecule has 0 aromatic carbocycles. The first-order chi connectivity index (χ1) is 4.22. The van der Waals surface area contributed by atoms with Gasteiger partial charge < -0.3 is 5.73 Å². The van der Waals surface area contributed by atoms with Crippen LogP contribution in [0, 0.1) is 0 Å². The second-order valence-corrected chi connectivity index (χ2v) is 2.17. The Bertz CT molecular complexity index is 190. The Hall–Kier alpha value is -0.830. The maximum absolute atomic E-state index is 5.60. The molecule has 0 saturated carbocycles. The lowest BCUT2D eigenvalue weighted by Crippen LogP contribution is -2.10. The standard InChI is InChI=1S/C6H11N3/c1-5(7)6-3-4-8-9(6)2/h3-5H,7H2,1-2H3. The van der Waals surface area contributed by atoms with Gasteiger partial charge in [0.15, 0.2) is 0 Å². The highest BCUT2D eigenvalue weighted by atomic mass is 15.3. The fourth-order valence-electron chi connectivity index (χ4n) is 0.831. The van der Waals surface area contributed by atoms with Crippen LogP contribution >= 0.6 is 0 Å². The maximum Gasteiger partial charge on any atom is 0.0545 e. The fraction of sp³-hybridized carbons (Fsp3) is 0.500. The molecule has 1 aromatic heterocycles. The third kappa shape index (κ3) is 1.10. The molecule has 1 aromatic rings. The highest BCUT2D eigenvalue weighted by Gasteiger charge is 2.01. The van der Waals surface area contributed by atoms with Crippen molar-refractivity contribution >= 4 is 0 Å². The molecule has 1 rings (SSSR count). The van der Waals surface area contributed by atoms with Crippen molar-refractivity contribution in [3.8, 4) is 0 Å². The molecule has 50 valence electrons. The van der Waals surface area contributed by atoms with Crippen LogP contribution in [-0.2, 0) is 7.05 Å². The van der Waals surface area contributed by atoms with Gasteiger partial charge in [-0.05, 0) is 13.0 Å². The Labute approximate surface area is 54.5 Å². The smallest absolute Gasteiger partial charge is 0.0545 e. The predicted octanol–water partition coefficient (Wildman–Crippen LogP) is 0.440. The SMILES string of the molecule is CC(N)c1ccnn1C. The van der Waals surface area contributed by atoms with Gasteiger partial charge in [-0.25, -0.2) is 0 Å². The molecule has 0 aliphatic carbocycles. The first-order valence-electron chi connectivity index (χ1n) is 2.95. The van der Waals surface area contributed by atoms with E-state index in [1.807, 2.05) is 20.0 Å². The number of aryl methyl sites for hydroxylation is 1. The van der Waals surface area contributed by atoms with Crippen LogP contribution in [0.15, 0.2) is 12.3 Å². The second kappa shape index (κ2) is 2.19. The van der Waals surface area contributed by atoms with Crippen molar-refractivity contribution in [2.75, 3.05) is 0 Å². The van der Waals surface area contributed by atoms with E-state index in [9.17, 15) is 0 Å². The molecular weight excluding hydrogens is 114 g/mol. The van der Waals surface area contributed by atoms with Crippen LogP contribution in [0.2, 0.25) is 0 Å². The van der Waals surface area contributed by atoms with E-state index in [-0.39, 0.29) is 6.04 Å². The van der Waals surface area contributed by atoms with Crippen LogP contribution in [0.25, 0.3) is 0 Å². The summed E-state index contributed by atoms with van der Waals surface area (Å²) in [5.74, 6) is 0. The van der Waals surface area contributed by atoms with Gasteiger partial charge in [-0.3, -0.25) is 4.68 Å². The van der Waals surface area contributed by atoms with Crippen molar-refractivity contribution in [1.29, 1.82) is 0 Å². The first kappa shape index (κ1) is 6.29. The Kier molecular flexibility index (Phi) is 1.53. The van der Waals surface area contributed by atoms with E-state index >= 15 is 0 Å². The minimum absolute atomic E-state index is 0.0810. The van der Waals surface area contributed by atoms with Crippen LogP contribution < -0.4 is 5.73 Å². The molecule has 3 heteroatoms. The molecule has 0 saturated heterocycles. The highest BCUT2D eigenvalue weighted by Crippen LogP contribution is 2.05. The summed E-state index contributed by atoms with van der Waals surface area (Å²) in [5, 5.41) is 3.97. The summed E-state index contributed by atoms with van der Waals surface area (Å²) in [7, 11) is 1.89. The normalized spacial score (nSPS) is 13.7. The summed E-state index contributed by atoms with van der Waals surface area (Å²) in [4.78, 5) is 0. The Morgan fingerprint density at radius 3 is 2.67 bits per heavy atom. The van der Waals surface area contributed by atoms with Crippen molar-refractivity contribution < 1.29 is 0 Å². The average Bonchev–Trinajstić information content (AvgIpc) is 2.13. The topological polar surface area (TPSA) is 43.8 Å². The zero-order valence-electron chi connectivity index (χ0n) is 5.70. The van der Waals surface area contributed by atoms with Gasteiger partial charge in [-0.1, -0.05) is 0 Å². The van der Waals surface area contributed by atoms with E-state index in [0.717, 1.165) is 5.69 Å². The molecule has 0 aliphatic heterocycles. The van der Waals surface area contributed by atoms with Gasteiger partial charge in [-0.15, -0.1) is 0 Å². The largest absolute Gasteiger partial charge is 0.323 e. The minimum Gasteiger partial charge on any atom is -0.323 e. The molecule has 1 atom stereocenters. The van der Waals surface area contributed by atoms with Crippen molar-refractivity contribution in [3.05, 3.63) is 18.0 Å². The van der Waals surface area contributed by atoms with Gasteiger partial charge in [-0.2, -0.15) is 5.10 Å². The third-order valence-electron chi connectivity index (χ3n) is 1.33. The maximum atomic E-state index is 5.60. The lowest BCUT2D eigenvalue weighted by Gasteiger charge is -2.03. The molecule has 3 nitrogen and oxygen atoms in total. The molecule has 0 spiro atoms. The molecule has 0 radical (unpaired) electrons. The van der Waals surface area contributed by atoms with E-state index in [1.165, 1.54) is 0 Å². The average molecular weight is 125 g/mol. The van der Waals surface area contributed by atoms with Crippen LogP contribution in [0.5, 0.6) is 0 Å². The van der Waals surface area contributed by atoms with E-state index in [4.69, 9.17) is 5.73 Å². The van der Waals surface area contributed by atoms with E-state index in [2.05, 4.69) is 5.10 Å². The van der Waals surface area contributed by atoms with E-state index in [0.29, 0.717) is 0 Å². The van der Waals surface area contributed by atoms with Crippen molar-refractivity contribution in [3.63, 3.8) is 0 Å². The summed E-state index contributed by atoms with van der Waals surface area (Å²) in [5.41, 5.74) is 6.66. The molecular formula is C6H11N3. The highest BCUT2D eigenvalue weighted by molar-refractivity contribution is 5.03. The van der Waals surface area contributed by atoms with Gasteiger partial charge in [0.2, 0.25) is 0 Å². The van der Waals surface area contributed by atoms with E-state index < -0.39 is 0 Å². The minimum atomic E-state index is 0.0810. The van der Waals surface area contributed by atoms with Crippen molar-refractivity contribution in [2.24, 2.45) is 12.8 Å². The molecule has 2 N–H and O–H groups in total. The monoisotopic (exact) mass is 125 g/mol. The summed E-state index contributed by atoms with van der Waals surface area (Å²) < 4.78 is 1.78. The summed E-state index contributed by atoms with van der Waals surface area (Å²) in [6.45, 7) is 1.94. The van der Waals surface area contributed by atoms with Crippen LogP contribution in [0.1, 0.15) is 18.7 Å². The van der Waals surface area contributed by atoms with Gasteiger partial charge in [0.1, 0.15) is 0 Å². The molecule has 1 unspecified atom stereocenters. The summed E-state index contributed by atoms with van der Waals surface area (Å²) >= 11 is 0. The van der Waals surface area contributed by atoms with Crippen molar-refractivity contribution in [2.45, 2.75) is 13.0 Å². The summed E-state index contributed by atoms with van der Waals surface area (Å²) in [6, 6.07) is 2.00. The molecule has 0 aliphatic rings. The van der Waals surface area contributed by atoms with Gasteiger partial charge in [0, 0.05) is 19.3 Å². The van der Waals surface area contributed by atoms with Crippen LogP contribution in [0.3, 0.4) is 0 Å². The Balaban J connectivity index is 2.94. The summed E-state index contributed by atoms with van der Waals surface area (Å²) in [6.07, 6.45) is 1.75. The number of aromatic nitrogens is 2. The molecule has 0 fully saturated rings. The Morgan fingerprint density at radius 2 is 2.44 bits per heavy atom. The molecule has 1 heterocycles. The van der Waals surface area contributed by atoms with E-state index in [1.54, 1.807) is 10.9 Å². The van der Waals surface area contributed by atoms with Crippen LogP contribution in [0.4, 0.5) is 0 Å². The molecule has 0 amide bonds. The fourth-order valence-corrected chi connectivity index (χ4v) is 0.831.